The molecule has 6 heteroatoms. The summed E-state index contributed by atoms with van der Waals surface area (Å²) in [6.45, 7) is 8.34. The summed E-state index contributed by atoms with van der Waals surface area (Å²) in [5.74, 6) is -0.540. The number of hydrogen-bond donors (Lipinski definition) is 2. The molecule has 0 fully saturated rings. The lowest BCUT2D eigenvalue weighted by Gasteiger charge is -2.23. The van der Waals surface area contributed by atoms with Gasteiger partial charge in [0.25, 0.3) is 0 Å². The topological polar surface area (TPSA) is 75.4 Å². The number of carbonyl (C=O) groups is 2. The number of nitrogens with one attached hydrogen (secondary N) is 1. The van der Waals surface area contributed by atoms with Crippen LogP contribution in [0.5, 0.6) is 0 Å². The normalized spacial score (nSPS) is 11.3. The summed E-state index contributed by atoms with van der Waals surface area (Å²) in [5, 5.41) is 2.89. The first-order chi connectivity index (χ1) is 9.90. The molecule has 1 aromatic rings. The minimum atomic E-state index is -0.266. The van der Waals surface area contributed by atoms with Gasteiger partial charge in [-0.2, -0.15) is 0 Å². The van der Waals surface area contributed by atoms with Gasteiger partial charge in [-0.05, 0) is 31.9 Å². The Morgan fingerprint density at radius 3 is 2.27 bits per heavy atom. The summed E-state index contributed by atoms with van der Waals surface area (Å²) >= 11 is 0. The largest absolute Gasteiger partial charge is 0.333 e. The Bertz CT molecular complexity index is 500. The van der Waals surface area contributed by atoms with Crippen LogP contribution >= 0.6 is 12.4 Å². The van der Waals surface area contributed by atoms with Crippen LogP contribution in [0.2, 0.25) is 0 Å². The third-order valence-corrected chi connectivity index (χ3v) is 3.55. The maximum atomic E-state index is 12.2. The van der Waals surface area contributed by atoms with Gasteiger partial charge in [-0.15, -0.1) is 12.4 Å². The van der Waals surface area contributed by atoms with Gasteiger partial charge in [-0.3, -0.25) is 9.59 Å². The van der Waals surface area contributed by atoms with Crippen molar-refractivity contribution in [3.05, 3.63) is 29.3 Å². The highest BCUT2D eigenvalue weighted by Gasteiger charge is 2.20. The minimum Gasteiger partial charge on any atom is -0.333 e. The molecule has 0 saturated carbocycles. The molecule has 124 valence electrons. The lowest BCUT2D eigenvalue weighted by Crippen LogP contribution is -2.42. The number of aryl methyl sites for hydroxylation is 2. The van der Waals surface area contributed by atoms with E-state index in [1.807, 2.05) is 39.0 Å². The van der Waals surface area contributed by atoms with E-state index < -0.39 is 0 Å². The molecule has 5 nitrogen and oxygen atoms in total. The van der Waals surface area contributed by atoms with Gasteiger partial charge in [0.15, 0.2) is 0 Å². The highest BCUT2D eigenvalue weighted by atomic mass is 35.5. The van der Waals surface area contributed by atoms with Gasteiger partial charge >= 0.3 is 0 Å². The fourth-order valence-electron chi connectivity index (χ4n) is 2.12. The zero-order valence-corrected chi connectivity index (χ0v) is 14.5. The lowest BCUT2D eigenvalue weighted by atomic mass is 10.1. The third kappa shape index (κ3) is 5.31. The number of likely N-dealkylation sites (N-methyl/N-ethyl adjacent to an activating group) is 1. The monoisotopic (exact) mass is 327 g/mol. The number of rotatable bonds is 6. The number of anilines is 1. The van der Waals surface area contributed by atoms with E-state index in [1.54, 1.807) is 6.92 Å². The summed E-state index contributed by atoms with van der Waals surface area (Å²) in [6, 6.07) is 5.84. The lowest BCUT2D eigenvalue weighted by molar-refractivity contribution is -0.137. The van der Waals surface area contributed by atoms with E-state index in [-0.39, 0.29) is 43.2 Å². The summed E-state index contributed by atoms with van der Waals surface area (Å²) in [5.41, 5.74) is 8.34. The number of para-hydroxylation sites is 1. The Labute approximate surface area is 138 Å². The van der Waals surface area contributed by atoms with Gasteiger partial charge in [-0.1, -0.05) is 25.1 Å². The first-order valence-corrected chi connectivity index (χ1v) is 7.25. The van der Waals surface area contributed by atoms with Crippen LogP contribution in [0.15, 0.2) is 18.2 Å². The van der Waals surface area contributed by atoms with E-state index >= 15 is 0 Å². The van der Waals surface area contributed by atoms with Crippen molar-refractivity contribution in [2.45, 2.75) is 27.7 Å². The molecule has 0 aliphatic heterocycles. The number of amides is 2. The first kappa shape index (κ1) is 20.4. The molecular weight excluding hydrogens is 302 g/mol. The van der Waals surface area contributed by atoms with Crippen molar-refractivity contribution >= 4 is 29.9 Å². The van der Waals surface area contributed by atoms with E-state index in [9.17, 15) is 9.59 Å². The van der Waals surface area contributed by atoms with Crippen molar-refractivity contribution in [3.8, 4) is 0 Å². The Morgan fingerprint density at radius 1 is 1.27 bits per heavy atom. The smallest absolute Gasteiger partial charge is 0.244 e. The molecule has 0 heterocycles. The van der Waals surface area contributed by atoms with E-state index in [0.717, 1.165) is 16.8 Å². The van der Waals surface area contributed by atoms with Crippen LogP contribution in [0.4, 0.5) is 5.69 Å². The number of halogens is 1. The van der Waals surface area contributed by atoms with Gasteiger partial charge in [0.2, 0.25) is 11.8 Å². The summed E-state index contributed by atoms with van der Waals surface area (Å²) in [6.07, 6.45) is 0. The molecule has 0 spiro atoms. The zero-order valence-electron chi connectivity index (χ0n) is 13.7. The van der Waals surface area contributed by atoms with Crippen molar-refractivity contribution in [1.82, 2.24) is 4.90 Å². The predicted octanol–water partition coefficient (Wildman–Crippen LogP) is 2.11. The fourth-order valence-corrected chi connectivity index (χ4v) is 2.12. The average Bonchev–Trinajstić information content (AvgIpc) is 2.47. The van der Waals surface area contributed by atoms with E-state index in [1.165, 1.54) is 4.90 Å². The molecule has 1 rings (SSSR count). The Morgan fingerprint density at radius 2 is 1.82 bits per heavy atom. The fraction of sp³-hybridized carbons (Fsp3) is 0.500. The number of benzene rings is 1. The van der Waals surface area contributed by atoms with Crippen molar-refractivity contribution in [2.75, 3.05) is 25.0 Å². The highest BCUT2D eigenvalue weighted by molar-refractivity contribution is 5.96. The van der Waals surface area contributed by atoms with Crippen molar-refractivity contribution in [2.24, 2.45) is 11.7 Å². The molecule has 1 aromatic carbocycles. The second-order valence-electron chi connectivity index (χ2n) is 5.30. The molecule has 3 N–H and O–H groups in total. The first-order valence-electron chi connectivity index (χ1n) is 7.25. The Kier molecular flexibility index (Phi) is 8.75. The van der Waals surface area contributed by atoms with Crippen LogP contribution in [-0.2, 0) is 9.59 Å². The average molecular weight is 328 g/mol. The van der Waals surface area contributed by atoms with Crippen molar-refractivity contribution in [3.63, 3.8) is 0 Å². The molecule has 1 unspecified atom stereocenters. The number of nitrogens with two attached hydrogens (primary N) is 1. The third-order valence-electron chi connectivity index (χ3n) is 3.55. The maximum absolute atomic E-state index is 12.2. The van der Waals surface area contributed by atoms with Gasteiger partial charge in [0, 0.05) is 24.7 Å². The summed E-state index contributed by atoms with van der Waals surface area (Å²) in [7, 11) is 0. The number of nitrogens with zero attached hydrogens (tertiary/aromatic N) is 1. The molecule has 0 saturated heterocycles. The molecule has 1 atom stereocenters. The maximum Gasteiger partial charge on any atom is 0.244 e. The summed E-state index contributed by atoms with van der Waals surface area (Å²) < 4.78 is 0. The molecule has 0 aromatic heterocycles. The number of hydrogen-bond acceptors (Lipinski definition) is 3. The molecule has 0 radical (unpaired) electrons. The van der Waals surface area contributed by atoms with E-state index in [0.29, 0.717) is 6.54 Å². The summed E-state index contributed by atoms with van der Waals surface area (Å²) in [4.78, 5) is 25.8. The van der Waals surface area contributed by atoms with Crippen LogP contribution in [0.25, 0.3) is 0 Å². The molecule has 2 amide bonds. The second kappa shape index (κ2) is 9.43. The minimum absolute atomic E-state index is 0. The van der Waals surface area contributed by atoms with Crippen molar-refractivity contribution < 1.29 is 9.59 Å². The van der Waals surface area contributed by atoms with Gasteiger partial charge in [0.05, 0.1) is 6.54 Å². The highest BCUT2D eigenvalue weighted by Crippen LogP contribution is 2.19. The molecule has 0 bridgehead atoms. The zero-order chi connectivity index (χ0) is 16.0. The molecular formula is C16H26ClN3O2. The van der Waals surface area contributed by atoms with Gasteiger partial charge < -0.3 is 16.0 Å². The second-order valence-corrected chi connectivity index (χ2v) is 5.30. The van der Waals surface area contributed by atoms with Gasteiger partial charge in [-0.25, -0.2) is 0 Å². The van der Waals surface area contributed by atoms with Gasteiger partial charge in [0.1, 0.15) is 0 Å². The van der Waals surface area contributed by atoms with E-state index in [4.69, 9.17) is 5.73 Å². The predicted molar refractivity (Wildman–Crippen MR) is 92.3 cm³/mol. The van der Waals surface area contributed by atoms with Crippen LogP contribution in [0, 0.1) is 19.8 Å². The standard InChI is InChI=1S/C16H25N3O2.ClH/c1-5-19(16(21)13(4)9-17)10-14(20)18-15-11(2)7-6-8-12(15)3;/h6-8,13H,5,9-10,17H2,1-4H3,(H,18,20);1H. The molecule has 0 aliphatic carbocycles. The van der Waals surface area contributed by atoms with Crippen LogP contribution < -0.4 is 11.1 Å². The SMILES string of the molecule is CCN(CC(=O)Nc1c(C)cccc1C)C(=O)C(C)CN.Cl. The van der Waals surface area contributed by atoms with E-state index in [2.05, 4.69) is 5.32 Å². The Balaban J connectivity index is 0.00000441. The van der Waals surface area contributed by atoms with Crippen LogP contribution in [0.3, 0.4) is 0 Å². The molecule has 22 heavy (non-hydrogen) atoms. The van der Waals surface area contributed by atoms with Crippen LogP contribution in [0.1, 0.15) is 25.0 Å². The Hall–Kier alpha value is -1.59. The quantitative estimate of drug-likeness (QED) is 0.840. The van der Waals surface area contributed by atoms with Crippen molar-refractivity contribution in [1.29, 1.82) is 0 Å². The molecule has 0 aliphatic rings. The number of carbonyl (C=O) groups excluding carboxylic acids is 2. The van der Waals surface area contributed by atoms with Crippen LogP contribution in [-0.4, -0.2) is 36.3 Å².